The fraction of sp³-hybridized carbons (Fsp3) is 0.0833. The smallest absolute Gasteiger partial charge is 0.295 e. The molecule has 10 heteroatoms. The predicted octanol–water partition coefficient (Wildman–Crippen LogP) is 5.88. The topological polar surface area (TPSA) is 103 Å². The summed E-state index contributed by atoms with van der Waals surface area (Å²) in [7, 11) is 1.47. The van der Waals surface area contributed by atoms with Crippen molar-refractivity contribution >= 4 is 55.8 Å². The molecule has 0 saturated carbocycles. The number of non-ortho nitro benzene ring substituents is 1. The number of nitro benzene ring substituents is 1. The molecular formula is C24H14BrClN2O6. The molecular weight excluding hydrogens is 528 g/mol. The van der Waals surface area contributed by atoms with E-state index in [9.17, 15) is 19.7 Å². The van der Waals surface area contributed by atoms with E-state index in [1.54, 1.807) is 36.4 Å². The van der Waals surface area contributed by atoms with Crippen LogP contribution in [0.15, 0.2) is 74.3 Å². The lowest BCUT2D eigenvalue weighted by Crippen LogP contribution is -2.29. The van der Waals surface area contributed by atoms with Crippen molar-refractivity contribution in [3.05, 3.63) is 107 Å². The summed E-state index contributed by atoms with van der Waals surface area (Å²) in [6.45, 7) is 0. The van der Waals surface area contributed by atoms with Crippen LogP contribution in [0.25, 0.3) is 11.0 Å². The number of carbonyl (C=O) groups excluding carboxylic acids is 1. The molecule has 1 amide bonds. The van der Waals surface area contributed by atoms with Crippen molar-refractivity contribution in [1.29, 1.82) is 0 Å². The van der Waals surface area contributed by atoms with Gasteiger partial charge >= 0.3 is 0 Å². The maximum atomic E-state index is 13.6. The van der Waals surface area contributed by atoms with Gasteiger partial charge in [-0.05, 0) is 42.0 Å². The molecule has 1 atom stereocenters. The van der Waals surface area contributed by atoms with Crippen LogP contribution in [0.4, 0.5) is 11.4 Å². The Morgan fingerprint density at radius 2 is 1.91 bits per heavy atom. The second kappa shape index (κ2) is 8.27. The van der Waals surface area contributed by atoms with E-state index in [0.717, 1.165) is 0 Å². The van der Waals surface area contributed by atoms with E-state index in [1.165, 1.54) is 36.3 Å². The van der Waals surface area contributed by atoms with Gasteiger partial charge in [0.15, 0.2) is 5.43 Å². The summed E-state index contributed by atoms with van der Waals surface area (Å²) in [5.41, 5.74) is 0.553. The predicted molar refractivity (Wildman–Crippen MR) is 130 cm³/mol. The molecule has 5 rings (SSSR count). The molecule has 0 N–H and O–H groups in total. The number of hydrogen-bond acceptors (Lipinski definition) is 6. The van der Waals surface area contributed by atoms with E-state index in [-0.39, 0.29) is 33.0 Å². The minimum Gasteiger partial charge on any atom is -0.495 e. The van der Waals surface area contributed by atoms with E-state index in [4.69, 9.17) is 20.8 Å². The molecule has 1 aromatic heterocycles. The summed E-state index contributed by atoms with van der Waals surface area (Å²) in [6, 6.07) is 14.5. The molecule has 0 spiro atoms. The zero-order valence-electron chi connectivity index (χ0n) is 17.5. The van der Waals surface area contributed by atoms with Crippen molar-refractivity contribution in [3.8, 4) is 5.75 Å². The van der Waals surface area contributed by atoms with E-state index < -0.39 is 22.3 Å². The van der Waals surface area contributed by atoms with Gasteiger partial charge in [0.2, 0.25) is 5.76 Å². The summed E-state index contributed by atoms with van der Waals surface area (Å²) >= 11 is 9.67. The summed E-state index contributed by atoms with van der Waals surface area (Å²) in [5, 5.41) is 12.0. The van der Waals surface area contributed by atoms with Crippen LogP contribution in [0.1, 0.15) is 27.7 Å². The van der Waals surface area contributed by atoms with Gasteiger partial charge in [-0.25, -0.2) is 0 Å². The first kappa shape index (κ1) is 22.1. The van der Waals surface area contributed by atoms with Crippen LogP contribution in [0.2, 0.25) is 5.02 Å². The minimum absolute atomic E-state index is 0.100. The van der Waals surface area contributed by atoms with Crippen molar-refractivity contribution in [2.75, 3.05) is 12.0 Å². The molecule has 170 valence electrons. The zero-order chi connectivity index (χ0) is 24.1. The first-order chi connectivity index (χ1) is 16.3. The highest BCUT2D eigenvalue weighted by Crippen LogP contribution is 2.43. The fourth-order valence-electron chi connectivity index (χ4n) is 4.14. The number of rotatable bonds is 4. The van der Waals surface area contributed by atoms with Crippen LogP contribution >= 0.6 is 27.5 Å². The van der Waals surface area contributed by atoms with Crippen LogP contribution in [0.5, 0.6) is 5.75 Å². The van der Waals surface area contributed by atoms with Crippen LogP contribution in [-0.2, 0) is 0 Å². The molecule has 8 nitrogen and oxygen atoms in total. The second-order valence-electron chi connectivity index (χ2n) is 7.56. The molecule has 1 aliphatic heterocycles. The maximum Gasteiger partial charge on any atom is 0.295 e. The normalized spacial score (nSPS) is 15.0. The average molecular weight is 542 g/mol. The van der Waals surface area contributed by atoms with Gasteiger partial charge in [-0.1, -0.05) is 39.7 Å². The number of ether oxygens (including phenoxy) is 1. The lowest BCUT2D eigenvalue weighted by Gasteiger charge is -2.25. The second-order valence-corrected chi connectivity index (χ2v) is 8.89. The largest absolute Gasteiger partial charge is 0.495 e. The Hall–Kier alpha value is -3.69. The Balaban J connectivity index is 1.81. The number of nitrogens with zero attached hydrogens (tertiary/aromatic N) is 2. The third kappa shape index (κ3) is 3.44. The monoisotopic (exact) mass is 540 g/mol. The van der Waals surface area contributed by atoms with Crippen molar-refractivity contribution in [2.45, 2.75) is 6.04 Å². The number of halogens is 2. The Kier molecular flexibility index (Phi) is 5.38. The molecule has 34 heavy (non-hydrogen) atoms. The van der Waals surface area contributed by atoms with Gasteiger partial charge in [0.05, 0.1) is 34.0 Å². The number of anilines is 1. The van der Waals surface area contributed by atoms with E-state index in [0.29, 0.717) is 21.5 Å². The Morgan fingerprint density at radius 3 is 2.62 bits per heavy atom. The Labute approximate surface area is 205 Å². The SMILES string of the molecule is COc1ccc(N2C(=O)c3oc4ccc(Br)cc4c(=O)c3C2c2cccc([N+](=O)[O-])c2)cc1Cl. The van der Waals surface area contributed by atoms with Crippen molar-refractivity contribution in [2.24, 2.45) is 0 Å². The Morgan fingerprint density at radius 1 is 1.12 bits per heavy atom. The van der Waals surface area contributed by atoms with E-state index in [1.807, 2.05) is 0 Å². The van der Waals surface area contributed by atoms with E-state index in [2.05, 4.69) is 15.9 Å². The standard InChI is InChI=1S/C24H14BrClN2O6/c1-33-19-8-6-14(11-17(19)26)27-21(12-3-2-4-15(9-12)28(31)32)20-22(29)16-10-13(25)5-7-18(16)34-23(20)24(27)30/h2-11,21H,1H3. The Bertz CT molecular complexity index is 1570. The highest BCUT2D eigenvalue weighted by Gasteiger charge is 2.44. The molecule has 0 radical (unpaired) electrons. The number of fused-ring (bicyclic) bond motifs is 2. The van der Waals surface area contributed by atoms with Gasteiger partial charge in [-0.2, -0.15) is 0 Å². The molecule has 0 fully saturated rings. The number of carbonyl (C=O) groups is 1. The number of hydrogen-bond donors (Lipinski definition) is 0. The lowest BCUT2D eigenvalue weighted by atomic mass is 9.98. The zero-order valence-corrected chi connectivity index (χ0v) is 19.8. The summed E-state index contributed by atoms with van der Waals surface area (Å²) in [4.78, 5) is 39.5. The molecule has 0 saturated heterocycles. The fourth-order valence-corrected chi connectivity index (χ4v) is 4.75. The van der Waals surface area contributed by atoms with Crippen molar-refractivity contribution < 1.29 is 18.9 Å². The highest BCUT2D eigenvalue weighted by molar-refractivity contribution is 9.10. The van der Waals surface area contributed by atoms with Crippen LogP contribution < -0.4 is 15.1 Å². The van der Waals surface area contributed by atoms with Crippen LogP contribution in [0.3, 0.4) is 0 Å². The van der Waals surface area contributed by atoms with Gasteiger partial charge in [-0.3, -0.25) is 24.6 Å². The molecule has 0 aliphatic carbocycles. The molecule has 2 heterocycles. The minimum atomic E-state index is -0.966. The van der Waals surface area contributed by atoms with E-state index >= 15 is 0 Å². The summed E-state index contributed by atoms with van der Waals surface area (Å²) in [5.74, 6) is -0.274. The first-order valence-electron chi connectivity index (χ1n) is 9.98. The number of amides is 1. The average Bonchev–Trinajstić information content (AvgIpc) is 3.12. The van der Waals surface area contributed by atoms with Gasteiger partial charge in [0.1, 0.15) is 11.3 Å². The number of nitro groups is 1. The third-order valence-electron chi connectivity index (χ3n) is 5.64. The first-order valence-corrected chi connectivity index (χ1v) is 11.1. The van der Waals surface area contributed by atoms with Gasteiger partial charge in [-0.15, -0.1) is 0 Å². The van der Waals surface area contributed by atoms with Crippen molar-refractivity contribution in [3.63, 3.8) is 0 Å². The quantitative estimate of drug-likeness (QED) is 0.236. The third-order valence-corrected chi connectivity index (χ3v) is 6.43. The highest BCUT2D eigenvalue weighted by atomic mass is 79.9. The molecule has 3 aromatic carbocycles. The summed E-state index contributed by atoms with van der Waals surface area (Å²) < 4.78 is 11.8. The van der Waals surface area contributed by atoms with Gasteiger partial charge in [0.25, 0.3) is 11.6 Å². The van der Waals surface area contributed by atoms with Crippen LogP contribution in [-0.4, -0.2) is 17.9 Å². The molecule has 1 unspecified atom stereocenters. The molecule has 1 aliphatic rings. The number of benzene rings is 3. The molecule has 0 bridgehead atoms. The van der Waals surface area contributed by atoms with Gasteiger partial charge < -0.3 is 9.15 Å². The lowest BCUT2D eigenvalue weighted by molar-refractivity contribution is -0.384. The molecule has 4 aromatic rings. The van der Waals surface area contributed by atoms with Crippen LogP contribution in [0, 0.1) is 10.1 Å². The van der Waals surface area contributed by atoms with Gasteiger partial charge in [0, 0.05) is 22.3 Å². The number of methoxy groups -OCH3 is 1. The summed E-state index contributed by atoms with van der Waals surface area (Å²) in [6.07, 6.45) is 0. The maximum absolute atomic E-state index is 13.6. The van der Waals surface area contributed by atoms with Crippen molar-refractivity contribution in [1.82, 2.24) is 0 Å².